The molecule has 5 nitrogen and oxygen atoms in total. The van der Waals surface area contributed by atoms with Crippen molar-refractivity contribution in [2.45, 2.75) is 32.8 Å². The molecule has 3 rings (SSSR count). The van der Waals surface area contributed by atoms with Crippen molar-refractivity contribution in [3.8, 4) is 0 Å². The SMILES string of the molecule is COC(=O)C[C@H]1CN(C(=O)OCc2ccccc2)c2c(C)cc(C)cc21. The maximum atomic E-state index is 12.7. The number of hydrogen-bond acceptors (Lipinski definition) is 4. The van der Waals surface area contributed by atoms with Gasteiger partial charge in [-0.15, -0.1) is 0 Å². The highest BCUT2D eigenvalue weighted by atomic mass is 16.6. The monoisotopic (exact) mass is 353 g/mol. The summed E-state index contributed by atoms with van der Waals surface area (Å²) in [7, 11) is 1.38. The minimum absolute atomic E-state index is 0.0830. The van der Waals surface area contributed by atoms with Crippen LogP contribution in [0.3, 0.4) is 0 Å². The zero-order valence-corrected chi connectivity index (χ0v) is 15.3. The predicted octanol–water partition coefficient (Wildman–Crippen LogP) is 4.11. The Morgan fingerprint density at radius 3 is 2.58 bits per heavy atom. The third-order valence-corrected chi connectivity index (χ3v) is 4.65. The topological polar surface area (TPSA) is 55.8 Å². The number of methoxy groups -OCH3 is 1. The Bertz CT molecular complexity index is 816. The minimum atomic E-state index is -0.394. The first-order valence-corrected chi connectivity index (χ1v) is 8.65. The van der Waals surface area contributed by atoms with Gasteiger partial charge in [0.1, 0.15) is 6.61 Å². The molecule has 2 aromatic carbocycles. The molecule has 0 bridgehead atoms. The number of ether oxygens (including phenoxy) is 2. The number of carbonyl (C=O) groups is 2. The molecule has 0 fully saturated rings. The van der Waals surface area contributed by atoms with Crippen molar-refractivity contribution in [3.05, 3.63) is 64.7 Å². The van der Waals surface area contributed by atoms with Crippen LogP contribution in [0.1, 0.15) is 34.6 Å². The molecule has 26 heavy (non-hydrogen) atoms. The van der Waals surface area contributed by atoms with E-state index in [1.54, 1.807) is 4.90 Å². The van der Waals surface area contributed by atoms with Crippen LogP contribution in [0, 0.1) is 13.8 Å². The van der Waals surface area contributed by atoms with Crippen LogP contribution in [0.5, 0.6) is 0 Å². The molecule has 0 saturated carbocycles. The maximum Gasteiger partial charge on any atom is 0.414 e. The molecule has 5 heteroatoms. The molecular weight excluding hydrogens is 330 g/mol. The molecule has 1 aliphatic rings. The second kappa shape index (κ2) is 7.60. The fourth-order valence-corrected chi connectivity index (χ4v) is 3.50. The highest BCUT2D eigenvalue weighted by Crippen LogP contribution is 2.41. The van der Waals surface area contributed by atoms with E-state index in [1.807, 2.05) is 56.3 Å². The van der Waals surface area contributed by atoms with E-state index in [0.717, 1.165) is 27.9 Å². The number of rotatable bonds is 4. The summed E-state index contributed by atoms with van der Waals surface area (Å²) in [5, 5.41) is 0. The first-order valence-electron chi connectivity index (χ1n) is 8.65. The Balaban J connectivity index is 1.82. The van der Waals surface area contributed by atoms with Crippen LogP contribution in [0.2, 0.25) is 0 Å². The van der Waals surface area contributed by atoms with Crippen LogP contribution in [0.4, 0.5) is 10.5 Å². The van der Waals surface area contributed by atoms with Crippen molar-refractivity contribution in [3.63, 3.8) is 0 Å². The summed E-state index contributed by atoms with van der Waals surface area (Å²) in [6, 6.07) is 13.7. The number of benzene rings is 2. The van der Waals surface area contributed by atoms with E-state index >= 15 is 0 Å². The van der Waals surface area contributed by atoms with Crippen LogP contribution in [-0.2, 0) is 20.9 Å². The van der Waals surface area contributed by atoms with Crippen LogP contribution < -0.4 is 4.90 Å². The molecule has 1 heterocycles. The zero-order valence-electron chi connectivity index (χ0n) is 15.3. The number of nitrogens with zero attached hydrogens (tertiary/aromatic N) is 1. The molecular formula is C21H23NO4. The molecule has 0 aliphatic carbocycles. The second-order valence-electron chi connectivity index (χ2n) is 6.65. The van der Waals surface area contributed by atoms with Crippen molar-refractivity contribution in [2.24, 2.45) is 0 Å². The van der Waals surface area contributed by atoms with Gasteiger partial charge in [0.05, 0.1) is 19.2 Å². The van der Waals surface area contributed by atoms with Crippen LogP contribution in [0.25, 0.3) is 0 Å². The van der Waals surface area contributed by atoms with Crippen LogP contribution in [0.15, 0.2) is 42.5 Å². The number of fused-ring (bicyclic) bond motifs is 1. The van der Waals surface area contributed by atoms with Gasteiger partial charge in [-0.05, 0) is 30.5 Å². The Hall–Kier alpha value is -2.82. The maximum absolute atomic E-state index is 12.7. The van der Waals surface area contributed by atoms with Gasteiger partial charge in [-0.1, -0.05) is 48.0 Å². The van der Waals surface area contributed by atoms with E-state index in [0.29, 0.717) is 6.54 Å². The highest BCUT2D eigenvalue weighted by molar-refractivity contribution is 5.92. The Morgan fingerprint density at radius 2 is 1.88 bits per heavy atom. The molecule has 0 unspecified atom stereocenters. The largest absolute Gasteiger partial charge is 0.469 e. The molecule has 2 aromatic rings. The van der Waals surface area contributed by atoms with Crippen LogP contribution >= 0.6 is 0 Å². The standard InChI is InChI=1S/C21H23NO4/c1-14-9-15(2)20-18(10-14)17(11-19(23)25-3)12-22(20)21(24)26-13-16-7-5-4-6-8-16/h4-10,17H,11-13H2,1-3H3/t17-/m0/s1. The lowest BCUT2D eigenvalue weighted by Gasteiger charge is -2.19. The van der Waals surface area contributed by atoms with Gasteiger partial charge < -0.3 is 9.47 Å². The summed E-state index contributed by atoms with van der Waals surface area (Å²) in [5.41, 5.74) is 4.90. The highest BCUT2D eigenvalue weighted by Gasteiger charge is 2.36. The smallest absolute Gasteiger partial charge is 0.414 e. The first kappa shape index (κ1) is 18.0. The minimum Gasteiger partial charge on any atom is -0.469 e. The summed E-state index contributed by atoms with van der Waals surface area (Å²) in [6.07, 6.45) is -0.149. The molecule has 0 aromatic heterocycles. The fourth-order valence-electron chi connectivity index (χ4n) is 3.50. The van der Waals surface area contributed by atoms with E-state index in [2.05, 4.69) is 0 Å². The lowest BCUT2D eigenvalue weighted by molar-refractivity contribution is -0.141. The molecule has 0 radical (unpaired) electrons. The summed E-state index contributed by atoms with van der Waals surface area (Å²) in [4.78, 5) is 26.1. The van der Waals surface area contributed by atoms with E-state index in [-0.39, 0.29) is 24.9 Å². The molecule has 1 atom stereocenters. The van der Waals surface area contributed by atoms with Crippen molar-refractivity contribution in [2.75, 3.05) is 18.6 Å². The average molecular weight is 353 g/mol. The number of esters is 1. The lowest BCUT2D eigenvalue weighted by Crippen LogP contribution is -2.31. The summed E-state index contributed by atoms with van der Waals surface area (Å²) in [5.74, 6) is -0.361. The van der Waals surface area contributed by atoms with Crippen molar-refractivity contribution in [1.82, 2.24) is 0 Å². The van der Waals surface area contributed by atoms with Crippen molar-refractivity contribution in [1.29, 1.82) is 0 Å². The summed E-state index contributed by atoms with van der Waals surface area (Å²) in [6.45, 7) is 4.63. The third-order valence-electron chi connectivity index (χ3n) is 4.65. The van der Waals surface area contributed by atoms with Gasteiger partial charge in [0.2, 0.25) is 0 Å². The van der Waals surface area contributed by atoms with Gasteiger partial charge in [0.15, 0.2) is 0 Å². The van der Waals surface area contributed by atoms with Crippen molar-refractivity contribution >= 4 is 17.7 Å². The van der Waals surface area contributed by atoms with Gasteiger partial charge in [-0.3, -0.25) is 9.69 Å². The molecule has 0 N–H and O–H groups in total. The number of amides is 1. The van der Waals surface area contributed by atoms with Gasteiger partial charge in [-0.2, -0.15) is 0 Å². The number of anilines is 1. The molecule has 1 amide bonds. The summed E-state index contributed by atoms with van der Waals surface area (Å²) >= 11 is 0. The van der Waals surface area contributed by atoms with Gasteiger partial charge >= 0.3 is 12.1 Å². The number of aryl methyl sites for hydroxylation is 2. The molecule has 1 aliphatic heterocycles. The molecule has 0 saturated heterocycles. The van der Waals surface area contributed by atoms with E-state index < -0.39 is 6.09 Å². The summed E-state index contributed by atoms with van der Waals surface area (Å²) < 4.78 is 10.3. The Morgan fingerprint density at radius 1 is 1.15 bits per heavy atom. The van der Waals surface area contributed by atoms with E-state index in [1.165, 1.54) is 7.11 Å². The lowest BCUT2D eigenvalue weighted by atomic mass is 9.94. The van der Waals surface area contributed by atoms with Gasteiger partial charge in [0, 0.05) is 12.5 Å². The van der Waals surface area contributed by atoms with E-state index in [9.17, 15) is 9.59 Å². The first-order chi connectivity index (χ1) is 12.5. The zero-order chi connectivity index (χ0) is 18.7. The fraction of sp³-hybridized carbons (Fsp3) is 0.333. The second-order valence-corrected chi connectivity index (χ2v) is 6.65. The average Bonchev–Trinajstić information content (AvgIpc) is 2.99. The van der Waals surface area contributed by atoms with Crippen LogP contribution in [-0.4, -0.2) is 25.7 Å². The van der Waals surface area contributed by atoms with E-state index in [4.69, 9.17) is 9.47 Å². The van der Waals surface area contributed by atoms with Crippen molar-refractivity contribution < 1.29 is 19.1 Å². The number of hydrogen-bond donors (Lipinski definition) is 0. The predicted molar refractivity (Wildman–Crippen MR) is 99.3 cm³/mol. The normalized spacial score (nSPS) is 15.5. The van der Waals surface area contributed by atoms with Gasteiger partial charge in [0.25, 0.3) is 0 Å². The molecule has 136 valence electrons. The Labute approximate surface area is 153 Å². The molecule has 0 spiro atoms. The quantitative estimate of drug-likeness (QED) is 0.776. The number of carbonyl (C=O) groups excluding carboxylic acids is 2. The third kappa shape index (κ3) is 3.72. The Kier molecular flexibility index (Phi) is 5.26. The van der Waals surface area contributed by atoms with Gasteiger partial charge in [-0.25, -0.2) is 4.79 Å².